The Kier molecular flexibility index (Phi) is 3.90. The van der Waals surface area contributed by atoms with Crippen molar-refractivity contribution >= 4 is 17.4 Å². The summed E-state index contributed by atoms with van der Waals surface area (Å²) >= 11 is 1.50. The van der Waals surface area contributed by atoms with Crippen LogP contribution in [0.1, 0.15) is 5.56 Å². The summed E-state index contributed by atoms with van der Waals surface area (Å²) in [6, 6.07) is 15.9. The van der Waals surface area contributed by atoms with Crippen LogP contribution in [0.4, 0.5) is 4.39 Å². The molecule has 0 fully saturated rings. The second kappa shape index (κ2) is 6.55. The first-order valence-electron chi connectivity index (χ1n) is 8.26. The summed E-state index contributed by atoms with van der Waals surface area (Å²) in [4.78, 5) is 0. The molecule has 2 aromatic heterocycles. The summed E-state index contributed by atoms with van der Waals surface area (Å²) in [6.45, 7) is 0.237. The monoisotopic (exact) mass is 380 g/mol. The highest BCUT2D eigenvalue weighted by Gasteiger charge is 2.15. The van der Waals surface area contributed by atoms with Gasteiger partial charge in [0.25, 0.3) is 0 Å². The van der Waals surface area contributed by atoms with Crippen LogP contribution >= 0.6 is 11.8 Å². The van der Waals surface area contributed by atoms with Crippen LogP contribution in [0.25, 0.3) is 16.9 Å². The molecule has 6 nitrogen and oxygen atoms in total. The second-order valence-electron chi connectivity index (χ2n) is 5.95. The molecule has 0 saturated heterocycles. The number of hydrogen-bond acceptors (Lipinski definition) is 6. The molecular weight excluding hydrogens is 367 g/mol. The van der Waals surface area contributed by atoms with Gasteiger partial charge in [-0.15, -0.1) is 10.2 Å². The standard InChI is InChI=1S/C19H13FN4O2S/c20-14-4-1-12(2-5-14)10-27-19-22-21-18-8-6-15(23-24(18)19)13-3-7-16-17(9-13)26-11-25-16/h1-9H,10-11H2. The van der Waals surface area contributed by atoms with Crippen molar-refractivity contribution in [2.45, 2.75) is 10.9 Å². The normalized spacial score (nSPS) is 12.6. The lowest BCUT2D eigenvalue weighted by molar-refractivity contribution is 0.174. The second-order valence-corrected chi connectivity index (χ2v) is 6.90. The molecule has 27 heavy (non-hydrogen) atoms. The summed E-state index contributed by atoms with van der Waals surface area (Å²) in [5, 5.41) is 13.7. The molecule has 3 heterocycles. The molecule has 2 aromatic carbocycles. The maximum Gasteiger partial charge on any atom is 0.231 e. The fourth-order valence-corrected chi connectivity index (χ4v) is 3.64. The van der Waals surface area contributed by atoms with E-state index in [1.165, 1.54) is 23.9 Å². The molecule has 0 aliphatic carbocycles. The lowest BCUT2D eigenvalue weighted by Crippen LogP contribution is -1.96. The molecule has 0 bridgehead atoms. The van der Waals surface area contributed by atoms with E-state index in [-0.39, 0.29) is 12.6 Å². The van der Waals surface area contributed by atoms with Gasteiger partial charge in [0.2, 0.25) is 11.9 Å². The topological polar surface area (TPSA) is 61.5 Å². The minimum Gasteiger partial charge on any atom is -0.454 e. The molecule has 5 rings (SSSR count). The van der Waals surface area contributed by atoms with Gasteiger partial charge in [-0.05, 0) is 48.0 Å². The third-order valence-corrected chi connectivity index (χ3v) is 5.17. The van der Waals surface area contributed by atoms with E-state index in [4.69, 9.17) is 9.47 Å². The molecule has 0 radical (unpaired) electrons. The fourth-order valence-electron chi connectivity index (χ4n) is 2.80. The minimum atomic E-state index is -0.244. The van der Waals surface area contributed by atoms with E-state index in [1.807, 2.05) is 30.3 Å². The van der Waals surface area contributed by atoms with Gasteiger partial charge in [-0.25, -0.2) is 4.39 Å². The Bertz CT molecular complexity index is 1130. The average molecular weight is 380 g/mol. The maximum absolute atomic E-state index is 13.0. The zero-order chi connectivity index (χ0) is 18.2. The van der Waals surface area contributed by atoms with Gasteiger partial charge in [-0.2, -0.15) is 9.61 Å². The zero-order valence-corrected chi connectivity index (χ0v) is 14.8. The van der Waals surface area contributed by atoms with E-state index in [2.05, 4.69) is 15.3 Å². The number of aromatic nitrogens is 4. The lowest BCUT2D eigenvalue weighted by Gasteiger charge is -2.04. The summed E-state index contributed by atoms with van der Waals surface area (Å²) < 4.78 is 25.5. The highest BCUT2D eigenvalue weighted by atomic mass is 32.2. The Balaban J connectivity index is 1.44. The molecule has 8 heteroatoms. The summed E-state index contributed by atoms with van der Waals surface area (Å²) in [6.07, 6.45) is 0. The number of rotatable bonds is 4. The lowest BCUT2D eigenvalue weighted by atomic mass is 10.1. The molecule has 1 aliphatic heterocycles. The van der Waals surface area contributed by atoms with Crippen LogP contribution in [-0.2, 0) is 5.75 Å². The number of ether oxygens (including phenoxy) is 2. The van der Waals surface area contributed by atoms with Gasteiger partial charge in [0.05, 0.1) is 5.69 Å². The quantitative estimate of drug-likeness (QED) is 0.500. The van der Waals surface area contributed by atoms with Gasteiger partial charge < -0.3 is 9.47 Å². The first-order chi connectivity index (χ1) is 13.3. The highest BCUT2D eigenvalue weighted by molar-refractivity contribution is 7.98. The van der Waals surface area contributed by atoms with E-state index in [9.17, 15) is 4.39 Å². The van der Waals surface area contributed by atoms with E-state index >= 15 is 0 Å². The number of halogens is 1. The van der Waals surface area contributed by atoms with E-state index in [0.717, 1.165) is 22.6 Å². The molecule has 0 N–H and O–H groups in total. The molecule has 0 atom stereocenters. The van der Waals surface area contributed by atoms with Gasteiger partial charge >= 0.3 is 0 Å². The fraction of sp³-hybridized carbons (Fsp3) is 0.105. The Hall–Kier alpha value is -3.13. The number of nitrogens with zero attached hydrogens (tertiary/aromatic N) is 4. The SMILES string of the molecule is Fc1ccc(CSc2nnc3ccc(-c4ccc5c(c4)OCO5)nn23)cc1. The minimum absolute atomic E-state index is 0.237. The number of benzene rings is 2. The van der Waals surface area contributed by atoms with Crippen molar-refractivity contribution in [1.82, 2.24) is 19.8 Å². The molecular formula is C19H13FN4O2S. The van der Waals surface area contributed by atoms with Crippen LogP contribution in [0.5, 0.6) is 11.5 Å². The third kappa shape index (κ3) is 3.08. The van der Waals surface area contributed by atoms with Crippen LogP contribution in [0.15, 0.2) is 59.8 Å². The van der Waals surface area contributed by atoms with E-state index in [1.54, 1.807) is 16.6 Å². The van der Waals surface area contributed by atoms with Crippen LogP contribution in [0.3, 0.4) is 0 Å². The van der Waals surface area contributed by atoms with Crippen molar-refractivity contribution in [3.8, 4) is 22.8 Å². The van der Waals surface area contributed by atoms with Crippen molar-refractivity contribution < 1.29 is 13.9 Å². The zero-order valence-electron chi connectivity index (χ0n) is 14.0. The maximum atomic E-state index is 13.0. The molecule has 0 amide bonds. The van der Waals surface area contributed by atoms with Crippen LogP contribution in [0, 0.1) is 5.82 Å². The summed E-state index contributed by atoms with van der Waals surface area (Å²) in [5.41, 5.74) is 3.37. The summed E-state index contributed by atoms with van der Waals surface area (Å²) in [5.74, 6) is 1.85. The van der Waals surface area contributed by atoms with Crippen LogP contribution in [-0.4, -0.2) is 26.6 Å². The van der Waals surface area contributed by atoms with E-state index < -0.39 is 0 Å². The Morgan fingerprint density at radius 1 is 0.963 bits per heavy atom. The molecule has 0 saturated carbocycles. The summed E-state index contributed by atoms with van der Waals surface area (Å²) in [7, 11) is 0. The highest BCUT2D eigenvalue weighted by Crippen LogP contribution is 2.35. The van der Waals surface area contributed by atoms with Crippen LogP contribution in [0.2, 0.25) is 0 Å². The molecule has 4 aromatic rings. The van der Waals surface area contributed by atoms with Gasteiger partial charge in [-0.1, -0.05) is 23.9 Å². The average Bonchev–Trinajstić information content (AvgIpc) is 3.33. The Labute approximate surface area is 157 Å². The predicted octanol–water partition coefficient (Wildman–Crippen LogP) is 3.95. The molecule has 134 valence electrons. The largest absolute Gasteiger partial charge is 0.454 e. The first kappa shape index (κ1) is 16.1. The van der Waals surface area contributed by atoms with Crippen molar-refractivity contribution in [3.05, 3.63) is 66.0 Å². The predicted molar refractivity (Wildman–Crippen MR) is 98.3 cm³/mol. The van der Waals surface area contributed by atoms with Crippen molar-refractivity contribution in [2.24, 2.45) is 0 Å². The molecule has 0 unspecified atom stereocenters. The van der Waals surface area contributed by atoms with Gasteiger partial charge in [0.15, 0.2) is 17.1 Å². The number of hydrogen-bond donors (Lipinski definition) is 0. The van der Waals surface area contributed by atoms with Gasteiger partial charge in [-0.3, -0.25) is 0 Å². The molecule has 0 spiro atoms. The Morgan fingerprint density at radius 2 is 1.81 bits per heavy atom. The molecule has 1 aliphatic rings. The number of thioether (sulfide) groups is 1. The first-order valence-corrected chi connectivity index (χ1v) is 9.24. The van der Waals surface area contributed by atoms with Crippen molar-refractivity contribution in [2.75, 3.05) is 6.79 Å². The number of fused-ring (bicyclic) bond motifs is 2. The Morgan fingerprint density at radius 3 is 2.70 bits per heavy atom. The third-order valence-electron chi connectivity index (χ3n) is 4.18. The van der Waals surface area contributed by atoms with Crippen molar-refractivity contribution in [3.63, 3.8) is 0 Å². The van der Waals surface area contributed by atoms with Crippen LogP contribution < -0.4 is 9.47 Å². The smallest absolute Gasteiger partial charge is 0.231 e. The van der Waals surface area contributed by atoms with Crippen molar-refractivity contribution in [1.29, 1.82) is 0 Å². The van der Waals surface area contributed by atoms with Gasteiger partial charge in [0.1, 0.15) is 5.82 Å². The van der Waals surface area contributed by atoms with Gasteiger partial charge in [0, 0.05) is 11.3 Å². The van der Waals surface area contributed by atoms with E-state index in [0.29, 0.717) is 22.3 Å².